The maximum atomic E-state index is 14.1. The minimum Gasteiger partial charge on any atom is -0.504 e. The zero-order valence-corrected chi connectivity index (χ0v) is 34.0. The van der Waals surface area contributed by atoms with Gasteiger partial charge in [-0.25, -0.2) is 4.79 Å². The fraction of sp³-hybridized carbons (Fsp3) is 0.372. The van der Waals surface area contributed by atoms with Crippen LogP contribution in [0.15, 0.2) is 73.0 Å². The van der Waals surface area contributed by atoms with E-state index in [9.17, 15) is 29.7 Å². The SMILES string of the molecule is C=C1Oc2cc(OC)cc(C(=O)O[C@H]3COC(=O)C[C@H](N)c4cc(O)c(c(Cl)c4)O[C@@H]4c5ccc3cc5C3=CC=C[C@@]34O[C@@H]3OC(C)(C)[C@@H](N(C)C)[C@@H](O)[C@H]3O)c2NC1=O. The zero-order chi connectivity index (χ0) is 43.0. The van der Waals surface area contributed by atoms with Crippen molar-refractivity contribution in [2.75, 3.05) is 33.1 Å². The Morgan fingerprint density at radius 1 is 1.08 bits per heavy atom. The lowest BCUT2D eigenvalue weighted by atomic mass is 9.86. The van der Waals surface area contributed by atoms with Crippen LogP contribution in [0.25, 0.3) is 5.57 Å². The molecule has 2 aliphatic carbocycles. The molecule has 6 N–H and O–H groups in total. The molecule has 1 saturated heterocycles. The van der Waals surface area contributed by atoms with E-state index < -0.39 is 78.4 Å². The van der Waals surface area contributed by atoms with E-state index in [-0.39, 0.29) is 51.5 Å². The molecule has 1 fully saturated rings. The molecule has 8 aliphatic rings. The average molecular weight is 846 g/mol. The quantitative estimate of drug-likeness (QED) is 0.172. The summed E-state index contributed by atoms with van der Waals surface area (Å²) in [5.41, 5.74) is 6.07. The first-order valence-electron chi connectivity index (χ1n) is 19.1. The Morgan fingerprint density at radius 3 is 2.57 bits per heavy atom. The van der Waals surface area contributed by atoms with Crippen LogP contribution in [0.3, 0.4) is 0 Å². The van der Waals surface area contributed by atoms with Crippen LogP contribution in [0.5, 0.6) is 23.0 Å². The molecule has 0 aromatic heterocycles. The van der Waals surface area contributed by atoms with Crippen molar-refractivity contribution in [2.45, 2.75) is 74.3 Å². The molecule has 6 bridgehead atoms. The van der Waals surface area contributed by atoms with Crippen molar-refractivity contribution in [3.05, 3.63) is 106 Å². The minimum atomic E-state index is -1.55. The first-order valence-corrected chi connectivity index (χ1v) is 19.4. The lowest BCUT2D eigenvalue weighted by Crippen LogP contribution is -2.67. The molecule has 0 unspecified atom stereocenters. The van der Waals surface area contributed by atoms with Gasteiger partial charge < -0.3 is 64.4 Å². The maximum Gasteiger partial charge on any atom is 0.341 e. The number of esters is 2. The number of likely N-dealkylation sites (N-methyl/N-ethyl adjacent to an activating group) is 1. The Balaban J connectivity index is 1.23. The lowest BCUT2D eigenvalue weighted by Gasteiger charge is -2.51. The standard InChI is InChI=1S/C43H44ClN3O13/c1-19-39(52)46-33-25(15-22(54-6)16-30(33)56-19)40(53)57-31-18-55-32(49)17-28(45)21-13-27(44)36(29(48)14-21)58-38-23-10-9-20(31)12-24(23)26-8-7-11-43(26,38)60-41-35(51)34(50)37(47(4)5)42(2,3)59-41/h7-16,28,31,34-35,37-38,41,48,50-51H,1,17-18,45H2,2-6H3,(H,46,52)/t28-,31-,34-,35+,37-,38+,41-,43+/m0/s1. The third-order valence-electron chi connectivity index (χ3n) is 11.4. The second-order valence-corrected chi connectivity index (χ2v) is 16.3. The number of ether oxygens (including phenoxy) is 7. The number of phenols is 1. The molecule has 3 aromatic rings. The van der Waals surface area contributed by atoms with Gasteiger partial charge in [0.2, 0.25) is 0 Å². The molecule has 0 radical (unpaired) electrons. The number of aromatic hydroxyl groups is 1. The van der Waals surface area contributed by atoms with E-state index in [0.717, 1.165) is 0 Å². The first-order chi connectivity index (χ1) is 28.4. The van der Waals surface area contributed by atoms with Crippen LogP contribution in [-0.4, -0.2) is 102 Å². The number of hydrogen-bond acceptors (Lipinski definition) is 15. The number of methoxy groups -OCH3 is 1. The Hall–Kier alpha value is -5.46. The van der Waals surface area contributed by atoms with Crippen LogP contribution in [0.4, 0.5) is 5.69 Å². The van der Waals surface area contributed by atoms with Gasteiger partial charge in [-0.1, -0.05) is 42.5 Å². The molecular weight excluding hydrogens is 802 g/mol. The molecule has 0 saturated carbocycles. The highest BCUT2D eigenvalue weighted by Crippen LogP contribution is 2.58. The largest absolute Gasteiger partial charge is 0.504 e. The second kappa shape index (κ2) is 15.2. The Morgan fingerprint density at radius 2 is 1.85 bits per heavy atom. The van der Waals surface area contributed by atoms with Gasteiger partial charge in [-0.15, -0.1) is 0 Å². The topological polar surface area (TPSA) is 218 Å². The third-order valence-corrected chi connectivity index (χ3v) is 11.7. The van der Waals surface area contributed by atoms with Crippen molar-refractivity contribution in [1.29, 1.82) is 0 Å². The molecule has 0 spiro atoms. The fourth-order valence-electron chi connectivity index (χ4n) is 8.63. The van der Waals surface area contributed by atoms with Gasteiger partial charge in [0.1, 0.15) is 24.6 Å². The number of hydrogen-bond donors (Lipinski definition) is 5. The fourth-order valence-corrected chi connectivity index (χ4v) is 8.90. The smallest absolute Gasteiger partial charge is 0.341 e. The van der Waals surface area contributed by atoms with E-state index in [2.05, 4.69) is 11.9 Å². The van der Waals surface area contributed by atoms with Crippen molar-refractivity contribution >= 4 is 40.7 Å². The van der Waals surface area contributed by atoms with Gasteiger partial charge in [-0.3, -0.25) is 9.59 Å². The van der Waals surface area contributed by atoms with Crippen molar-refractivity contribution in [2.24, 2.45) is 5.73 Å². The molecule has 17 heteroatoms. The number of nitrogens with zero attached hydrogens (tertiary/aromatic N) is 1. The van der Waals surface area contributed by atoms with Crippen molar-refractivity contribution < 1.29 is 62.9 Å². The van der Waals surface area contributed by atoms with Gasteiger partial charge in [0, 0.05) is 17.7 Å². The monoisotopic (exact) mass is 845 g/mol. The summed E-state index contributed by atoms with van der Waals surface area (Å²) in [7, 11) is 4.94. The van der Waals surface area contributed by atoms with Gasteiger partial charge in [-0.2, -0.15) is 0 Å². The van der Waals surface area contributed by atoms with Crippen molar-refractivity contribution in [1.82, 2.24) is 4.90 Å². The normalized spacial score (nSPS) is 28.9. The third kappa shape index (κ3) is 6.97. The zero-order valence-electron chi connectivity index (χ0n) is 33.3. The van der Waals surface area contributed by atoms with E-state index in [1.165, 1.54) is 31.4 Å². The number of carbonyl (C=O) groups is 3. The molecule has 6 heterocycles. The van der Waals surface area contributed by atoms with E-state index in [1.54, 1.807) is 69.3 Å². The first kappa shape index (κ1) is 41.3. The van der Waals surface area contributed by atoms with Gasteiger partial charge >= 0.3 is 11.9 Å². The summed E-state index contributed by atoms with van der Waals surface area (Å²) in [6.45, 7) is 6.71. The molecular formula is C43H44ClN3O13. The van der Waals surface area contributed by atoms with Crippen LogP contribution >= 0.6 is 11.6 Å². The number of aliphatic hydroxyl groups is 2. The van der Waals surface area contributed by atoms with E-state index in [4.69, 9.17) is 50.5 Å². The van der Waals surface area contributed by atoms with Crippen LogP contribution < -0.4 is 25.3 Å². The van der Waals surface area contributed by atoms with Gasteiger partial charge in [-0.05, 0) is 80.5 Å². The highest BCUT2D eigenvalue weighted by Gasteiger charge is 2.58. The highest BCUT2D eigenvalue weighted by molar-refractivity contribution is 6.32. The molecule has 8 atom stereocenters. The number of phenolic OH excluding ortho intramolecular Hbond substituents is 1. The number of allylic oxidation sites excluding steroid dienone is 2. The summed E-state index contributed by atoms with van der Waals surface area (Å²) in [4.78, 5) is 41.7. The number of carbonyl (C=O) groups excluding carboxylic acids is 3. The number of nitrogens with two attached hydrogens (primary N) is 1. The van der Waals surface area contributed by atoms with Crippen LogP contribution in [0.2, 0.25) is 5.02 Å². The van der Waals surface area contributed by atoms with Gasteiger partial charge in [0.25, 0.3) is 5.91 Å². The number of anilines is 1. The highest BCUT2D eigenvalue weighted by atomic mass is 35.5. The molecule has 11 rings (SSSR count). The molecule has 16 nitrogen and oxygen atoms in total. The number of rotatable bonds is 6. The lowest BCUT2D eigenvalue weighted by molar-refractivity contribution is -0.329. The predicted molar refractivity (Wildman–Crippen MR) is 214 cm³/mol. The summed E-state index contributed by atoms with van der Waals surface area (Å²) in [5, 5.41) is 36.9. The van der Waals surface area contributed by atoms with Crippen LogP contribution in [0.1, 0.15) is 71.1 Å². The molecule has 6 aliphatic heterocycles. The second-order valence-electron chi connectivity index (χ2n) is 15.9. The predicted octanol–water partition coefficient (Wildman–Crippen LogP) is 4.37. The Bertz CT molecular complexity index is 2360. The van der Waals surface area contributed by atoms with Gasteiger partial charge in [0.05, 0.1) is 41.4 Å². The van der Waals surface area contributed by atoms with E-state index in [1.807, 2.05) is 0 Å². The number of amides is 1. The molecule has 60 heavy (non-hydrogen) atoms. The Kier molecular flexibility index (Phi) is 10.5. The number of nitrogens with one attached hydrogen (secondary N) is 1. The van der Waals surface area contributed by atoms with E-state index in [0.29, 0.717) is 27.8 Å². The molecule has 316 valence electrons. The summed E-state index contributed by atoms with van der Waals surface area (Å²) in [6, 6.07) is 9.16. The summed E-state index contributed by atoms with van der Waals surface area (Å²) < 4.78 is 42.6. The summed E-state index contributed by atoms with van der Waals surface area (Å²) >= 11 is 6.77. The van der Waals surface area contributed by atoms with Crippen LogP contribution in [-0.2, 0) is 28.5 Å². The van der Waals surface area contributed by atoms with Gasteiger partial charge in [0.15, 0.2) is 47.1 Å². The molecule has 1 amide bonds. The van der Waals surface area contributed by atoms with Crippen LogP contribution in [0, 0.1) is 0 Å². The minimum absolute atomic E-state index is 0.00872. The molecule has 3 aromatic carbocycles. The number of aliphatic hydroxyl groups excluding tert-OH is 2. The maximum absolute atomic E-state index is 14.1. The average Bonchev–Trinajstić information content (AvgIpc) is 3.70. The summed E-state index contributed by atoms with van der Waals surface area (Å²) in [6.07, 6.45) is -1.61. The number of halogens is 1. The van der Waals surface area contributed by atoms with Crippen molar-refractivity contribution in [3.8, 4) is 23.0 Å². The number of benzene rings is 3. The Labute approximate surface area is 349 Å². The van der Waals surface area contributed by atoms with E-state index >= 15 is 0 Å². The summed E-state index contributed by atoms with van der Waals surface area (Å²) in [5.74, 6) is -2.66. The van der Waals surface area contributed by atoms with Crippen molar-refractivity contribution in [3.63, 3.8) is 0 Å². The number of fused-ring (bicyclic) bond motifs is 2.